The Morgan fingerprint density at radius 1 is 0.889 bits per heavy atom. The van der Waals surface area contributed by atoms with E-state index in [0.29, 0.717) is 0 Å². The number of anilines is 1. The van der Waals surface area contributed by atoms with Gasteiger partial charge in [-0.3, -0.25) is 0 Å². The van der Waals surface area contributed by atoms with Crippen LogP contribution in [0.4, 0.5) is 5.69 Å². The van der Waals surface area contributed by atoms with Gasteiger partial charge < -0.3 is 4.90 Å². The summed E-state index contributed by atoms with van der Waals surface area (Å²) in [4.78, 5) is 2.14. The first kappa shape index (κ1) is 13.3. The van der Waals surface area contributed by atoms with Crippen molar-refractivity contribution in [3.05, 3.63) is 54.6 Å². The second-order valence-electron chi connectivity index (χ2n) is 4.64. The highest BCUT2D eigenvalue weighted by Gasteiger charge is 2.19. The Hall–Kier alpha value is -1.11. The van der Waals surface area contributed by atoms with Crippen molar-refractivity contribution in [1.29, 1.82) is 0 Å². The molecule has 18 heavy (non-hydrogen) atoms. The fourth-order valence-electron chi connectivity index (χ4n) is 2.05. The van der Waals surface area contributed by atoms with Gasteiger partial charge in [-0.05, 0) is 18.0 Å². The summed E-state index contributed by atoms with van der Waals surface area (Å²) in [5.41, 5.74) is 1.23. The maximum Gasteiger partial charge on any atom is 0.0450 e. The highest BCUT2D eigenvalue weighted by molar-refractivity contribution is 8.21. The standard InChI is InChI=1S/C15H18NPS/c1-16(2)14-11-7-8-12-15(14)17(3,18)13-9-5-4-6-10-13/h4-12H,1-3H3. The molecule has 2 aromatic carbocycles. The van der Waals surface area contributed by atoms with Gasteiger partial charge in [0, 0.05) is 31.1 Å². The Labute approximate surface area is 114 Å². The highest BCUT2D eigenvalue weighted by Crippen LogP contribution is 2.41. The number of para-hydroxylation sites is 1. The molecule has 1 nitrogen and oxygen atoms in total. The van der Waals surface area contributed by atoms with Gasteiger partial charge in [0.05, 0.1) is 0 Å². The van der Waals surface area contributed by atoms with Crippen LogP contribution in [0.3, 0.4) is 0 Å². The molecule has 0 saturated carbocycles. The van der Waals surface area contributed by atoms with Crippen LogP contribution in [0.15, 0.2) is 54.6 Å². The fourth-order valence-corrected chi connectivity index (χ4v) is 4.98. The molecule has 2 aromatic rings. The van der Waals surface area contributed by atoms with E-state index in [4.69, 9.17) is 11.8 Å². The van der Waals surface area contributed by atoms with E-state index in [0.717, 1.165) is 0 Å². The van der Waals surface area contributed by atoms with Crippen molar-refractivity contribution in [2.24, 2.45) is 0 Å². The first-order valence-electron chi connectivity index (χ1n) is 5.93. The zero-order chi connectivity index (χ0) is 13.2. The predicted octanol–water partition coefficient (Wildman–Crippen LogP) is 2.81. The lowest BCUT2D eigenvalue weighted by Crippen LogP contribution is -2.22. The minimum absolute atomic E-state index is 1.23. The van der Waals surface area contributed by atoms with Crippen LogP contribution in [0.5, 0.6) is 0 Å². The molecule has 0 aliphatic rings. The van der Waals surface area contributed by atoms with E-state index in [1.807, 2.05) is 6.07 Å². The van der Waals surface area contributed by atoms with Gasteiger partial charge in [0.1, 0.15) is 0 Å². The molecule has 0 N–H and O–H groups in total. The van der Waals surface area contributed by atoms with Crippen molar-refractivity contribution in [2.75, 3.05) is 25.7 Å². The van der Waals surface area contributed by atoms with E-state index in [1.54, 1.807) is 0 Å². The largest absolute Gasteiger partial charge is 0.377 e. The summed E-state index contributed by atoms with van der Waals surface area (Å²) in [7, 11) is 4.14. The SMILES string of the molecule is CN(C)c1ccccc1P(C)(=S)c1ccccc1. The summed E-state index contributed by atoms with van der Waals surface area (Å²) < 4.78 is 0. The van der Waals surface area contributed by atoms with Crippen LogP contribution in [0.1, 0.15) is 0 Å². The van der Waals surface area contributed by atoms with Gasteiger partial charge in [0.25, 0.3) is 0 Å². The third-order valence-corrected chi connectivity index (χ3v) is 6.88. The van der Waals surface area contributed by atoms with Crippen LogP contribution in [-0.2, 0) is 11.8 Å². The highest BCUT2D eigenvalue weighted by atomic mass is 32.4. The number of hydrogen-bond donors (Lipinski definition) is 0. The molecule has 0 radical (unpaired) electrons. The molecule has 3 heteroatoms. The van der Waals surface area contributed by atoms with E-state index in [9.17, 15) is 0 Å². The van der Waals surface area contributed by atoms with Crippen LogP contribution in [0.25, 0.3) is 0 Å². The fraction of sp³-hybridized carbons (Fsp3) is 0.200. The Morgan fingerprint density at radius 3 is 2.06 bits per heavy atom. The average molecular weight is 275 g/mol. The molecular weight excluding hydrogens is 257 g/mol. The molecule has 0 aliphatic heterocycles. The van der Waals surface area contributed by atoms with Gasteiger partial charge in [0.15, 0.2) is 0 Å². The van der Waals surface area contributed by atoms with Crippen molar-refractivity contribution in [2.45, 2.75) is 0 Å². The summed E-state index contributed by atoms with van der Waals surface area (Å²) in [6.45, 7) is 2.21. The van der Waals surface area contributed by atoms with Gasteiger partial charge in [-0.2, -0.15) is 0 Å². The lowest BCUT2D eigenvalue weighted by molar-refractivity contribution is 1.14. The lowest BCUT2D eigenvalue weighted by atomic mass is 10.3. The van der Waals surface area contributed by atoms with Crippen molar-refractivity contribution < 1.29 is 0 Å². The summed E-state index contributed by atoms with van der Waals surface area (Å²) in [5.74, 6) is 0. The van der Waals surface area contributed by atoms with Crippen molar-refractivity contribution in [1.82, 2.24) is 0 Å². The minimum Gasteiger partial charge on any atom is -0.377 e. The summed E-state index contributed by atoms with van der Waals surface area (Å²) >= 11 is 5.97. The molecule has 0 bridgehead atoms. The molecule has 0 amide bonds. The normalized spacial score (nSPS) is 13.9. The molecule has 0 fully saturated rings. The number of rotatable bonds is 3. The number of hydrogen-bond acceptors (Lipinski definition) is 2. The Morgan fingerprint density at radius 2 is 1.44 bits per heavy atom. The summed E-state index contributed by atoms with van der Waals surface area (Å²) in [6, 6.07) is 17.2. The van der Waals surface area contributed by atoms with E-state index in [1.165, 1.54) is 16.3 Å². The number of benzene rings is 2. The van der Waals surface area contributed by atoms with Crippen LogP contribution < -0.4 is 15.5 Å². The first-order valence-corrected chi connectivity index (χ1v) is 9.18. The maximum atomic E-state index is 5.97. The monoisotopic (exact) mass is 275 g/mol. The molecule has 0 aliphatic carbocycles. The van der Waals surface area contributed by atoms with E-state index in [-0.39, 0.29) is 0 Å². The van der Waals surface area contributed by atoms with Gasteiger partial charge in [-0.15, -0.1) is 0 Å². The molecule has 0 aromatic heterocycles. The smallest absolute Gasteiger partial charge is 0.0450 e. The van der Waals surface area contributed by atoms with E-state index < -0.39 is 6.04 Å². The van der Waals surface area contributed by atoms with E-state index in [2.05, 4.69) is 74.2 Å². The van der Waals surface area contributed by atoms with Crippen LogP contribution in [-0.4, -0.2) is 20.8 Å². The molecular formula is C15H18NPS. The van der Waals surface area contributed by atoms with Gasteiger partial charge in [0.2, 0.25) is 0 Å². The molecule has 0 heterocycles. The first-order chi connectivity index (χ1) is 8.53. The van der Waals surface area contributed by atoms with E-state index >= 15 is 0 Å². The average Bonchev–Trinajstić information content (AvgIpc) is 2.39. The van der Waals surface area contributed by atoms with Gasteiger partial charge in [-0.25, -0.2) is 0 Å². The van der Waals surface area contributed by atoms with Crippen molar-refractivity contribution >= 4 is 34.1 Å². The molecule has 1 atom stereocenters. The summed E-state index contributed by atoms with van der Waals surface area (Å²) in [5, 5.41) is 2.56. The van der Waals surface area contributed by atoms with Gasteiger partial charge in [-0.1, -0.05) is 60.3 Å². The van der Waals surface area contributed by atoms with Crippen LogP contribution in [0, 0.1) is 0 Å². The molecule has 0 spiro atoms. The zero-order valence-electron chi connectivity index (χ0n) is 11.0. The Kier molecular flexibility index (Phi) is 3.89. The maximum absolute atomic E-state index is 5.97. The third kappa shape index (κ3) is 2.50. The second-order valence-corrected chi connectivity index (χ2v) is 9.68. The molecule has 0 saturated heterocycles. The zero-order valence-corrected chi connectivity index (χ0v) is 12.7. The van der Waals surface area contributed by atoms with Crippen molar-refractivity contribution in [3.8, 4) is 0 Å². The minimum atomic E-state index is -1.70. The Bertz CT molecular complexity index is 578. The van der Waals surface area contributed by atoms with Crippen molar-refractivity contribution in [3.63, 3.8) is 0 Å². The second kappa shape index (κ2) is 5.26. The van der Waals surface area contributed by atoms with Crippen LogP contribution in [0.2, 0.25) is 0 Å². The molecule has 94 valence electrons. The lowest BCUT2D eigenvalue weighted by Gasteiger charge is -2.24. The van der Waals surface area contributed by atoms with Gasteiger partial charge >= 0.3 is 0 Å². The molecule has 1 unspecified atom stereocenters. The third-order valence-electron chi connectivity index (χ3n) is 3.07. The summed E-state index contributed by atoms with van der Waals surface area (Å²) in [6.07, 6.45) is 0. The Balaban J connectivity index is 2.58. The topological polar surface area (TPSA) is 3.24 Å². The quantitative estimate of drug-likeness (QED) is 0.793. The molecule has 2 rings (SSSR count). The van der Waals surface area contributed by atoms with Crippen LogP contribution >= 0.6 is 6.04 Å². The predicted molar refractivity (Wildman–Crippen MR) is 86.7 cm³/mol. The number of nitrogens with zero attached hydrogens (tertiary/aromatic N) is 1.